The molecule has 0 spiro atoms. The van der Waals surface area contributed by atoms with Gasteiger partial charge < -0.3 is 9.47 Å². The summed E-state index contributed by atoms with van der Waals surface area (Å²) in [6.45, 7) is 11.4. The van der Waals surface area contributed by atoms with Crippen LogP contribution < -0.4 is 0 Å². The molecular formula is C16H30O2. The molecule has 0 aromatic rings. The molecule has 106 valence electrons. The summed E-state index contributed by atoms with van der Waals surface area (Å²) in [5, 5.41) is 0. The van der Waals surface area contributed by atoms with E-state index < -0.39 is 0 Å². The van der Waals surface area contributed by atoms with Crippen molar-refractivity contribution in [3.05, 3.63) is 0 Å². The van der Waals surface area contributed by atoms with Crippen molar-refractivity contribution in [1.29, 1.82) is 0 Å². The van der Waals surface area contributed by atoms with Crippen LogP contribution in [0, 0.1) is 17.8 Å². The van der Waals surface area contributed by atoms with Crippen LogP contribution in [0.1, 0.15) is 66.7 Å². The molecule has 1 saturated carbocycles. The van der Waals surface area contributed by atoms with Gasteiger partial charge in [0, 0.05) is 0 Å². The van der Waals surface area contributed by atoms with Gasteiger partial charge in [-0.05, 0) is 50.9 Å². The molecule has 1 aliphatic heterocycles. The lowest BCUT2D eigenvalue weighted by Crippen LogP contribution is -2.38. The second-order valence-corrected chi connectivity index (χ2v) is 7.35. The summed E-state index contributed by atoms with van der Waals surface area (Å²) in [7, 11) is 0. The fourth-order valence-corrected chi connectivity index (χ4v) is 3.21. The van der Waals surface area contributed by atoms with Gasteiger partial charge in [-0.1, -0.05) is 33.6 Å². The number of hydrogen-bond acceptors (Lipinski definition) is 2. The molecule has 0 radical (unpaired) electrons. The summed E-state index contributed by atoms with van der Waals surface area (Å²) in [4.78, 5) is 0. The van der Waals surface area contributed by atoms with Crippen LogP contribution in [0.2, 0.25) is 0 Å². The Morgan fingerprint density at radius 3 is 2.33 bits per heavy atom. The van der Waals surface area contributed by atoms with Crippen molar-refractivity contribution in [3.63, 3.8) is 0 Å². The minimum Gasteiger partial charge on any atom is -0.344 e. The molecular weight excluding hydrogens is 224 g/mol. The van der Waals surface area contributed by atoms with Gasteiger partial charge >= 0.3 is 0 Å². The third kappa shape index (κ3) is 3.71. The lowest BCUT2D eigenvalue weighted by Gasteiger charge is -2.38. The largest absolute Gasteiger partial charge is 0.344 e. The van der Waals surface area contributed by atoms with Gasteiger partial charge in [-0.15, -0.1) is 0 Å². The lowest BCUT2D eigenvalue weighted by atomic mass is 9.75. The van der Waals surface area contributed by atoms with Crippen LogP contribution in [-0.2, 0) is 9.47 Å². The zero-order chi connectivity index (χ0) is 13.3. The van der Waals surface area contributed by atoms with Crippen molar-refractivity contribution in [2.75, 3.05) is 0 Å². The molecule has 1 saturated heterocycles. The third-order valence-corrected chi connectivity index (χ3v) is 4.66. The summed E-state index contributed by atoms with van der Waals surface area (Å²) >= 11 is 0. The minimum absolute atomic E-state index is 0.0173. The smallest absolute Gasteiger partial charge is 0.185 e. The second-order valence-electron chi connectivity index (χ2n) is 7.35. The molecule has 2 unspecified atom stereocenters. The Kier molecular flexibility index (Phi) is 4.38. The van der Waals surface area contributed by atoms with Gasteiger partial charge in [-0.3, -0.25) is 0 Å². The maximum Gasteiger partial charge on any atom is 0.185 e. The lowest BCUT2D eigenvalue weighted by molar-refractivity contribution is -0.112. The molecule has 2 heteroatoms. The molecule has 0 bridgehead atoms. The van der Waals surface area contributed by atoms with E-state index in [0.717, 1.165) is 12.3 Å². The quantitative estimate of drug-likeness (QED) is 0.679. The van der Waals surface area contributed by atoms with Gasteiger partial charge in [0.2, 0.25) is 0 Å². The molecule has 2 atom stereocenters. The normalized spacial score (nSPS) is 37.0. The average molecular weight is 254 g/mol. The zero-order valence-electron chi connectivity index (χ0n) is 12.7. The number of rotatable bonds is 5. The number of hydrogen-bond donors (Lipinski definition) is 0. The van der Waals surface area contributed by atoms with Gasteiger partial charge in [0.1, 0.15) is 6.10 Å². The van der Waals surface area contributed by atoms with E-state index in [1.807, 2.05) is 0 Å². The van der Waals surface area contributed by atoms with E-state index in [-0.39, 0.29) is 11.9 Å². The molecule has 0 amide bonds. The summed E-state index contributed by atoms with van der Waals surface area (Å²) in [6.07, 6.45) is 6.90. The van der Waals surface area contributed by atoms with Crippen LogP contribution in [0.5, 0.6) is 0 Å². The molecule has 2 aliphatic rings. The molecule has 2 nitrogen and oxygen atoms in total. The number of epoxide rings is 1. The number of ether oxygens (including phenoxy) is 2. The fourth-order valence-electron chi connectivity index (χ4n) is 3.21. The Morgan fingerprint density at radius 2 is 1.78 bits per heavy atom. The van der Waals surface area contributed by atoms with Crippen LogP contribution in [-0.4, -0.2) is 18.0 Å². The molecule has 2 rings (SSSR count). The van der Waals surface area contributed by atoms with Gasteiger partial charge in [0.05, 0.1) is 5.60 Å². The third-order valence-electron chi connectivity index (χ3n) is 4.66. The van der Waals surface area contributed by atoms with E-state index in [4.69, 9.17) is 9.47 Å². The van der Waals surface area contributed by atoms with E-state index in [1.165, 1.54) is 25.7 Å². The second kappa shape index (κ2) is 5.50. The first-order chi connectivity index (χ1) is 8.38. The first kappa shape index (κ1) is 14.3. The Balaban J connectivity index is 1.78. The van der Waals surface area contributed by atoms with Crippen molar-refractivity contribution in [1.82, 2.24) is 0 Å². The summed E-state index contributed by atoms with van der Waals surface area (Å²) in [6, 6.07) is 0. The van der Waals surface area contributed by atoms with Crippen LogP contribution in [0.15, 0.2) is 0 Å². The monoisotopic (exact) mass is 254 g/mol. The fraction of sp³-hybridized carbons (Fsp3) is 1.00. The summed E-state index contributed by atoms with van der Waals surface area (Å²) < 4.78 is 11.9. The molecule has 1 heterocycles. The van der Waals surface area contributed by atoms with Crippen LogP contribution in [0.25, 0.3) is 0 Å². The summed E-state index contributed by atoms with van der Waals surface area (Å²) in [5.41, 5.74) is -0.0173. The Bertz CT molecular complexity index is 264. The highest BCUT2D eigenvalue weighted by molar-refractivity contribution is 4.88. The maximum absolute atomic E-state index is 6.21. The van der Waals surface area contributed by atoms with E-state index >= 15 is 0 Å². The predicted molar refractivity (Wildman–Crippen MR) is 74.4 cm³/mol. The molecule has 0 aromatic heterocycles. The standard InChI is InChI=1S/C16H30O2/c1-11(2)10-14-15(17-14)18-16(4,5)13-8-6-12(3)7-9-13/h11-15H,6-10H2,1-5H3. The van der Waals surface area contributed by atoms with E-state index in [9.17, 15) is 0 Å². The maximum atomic E-state index is 6.21. The highest BCUT2D eigenvalue weighted by Gasteiger charge is 2.46. The van der Waals surface area contributed by atoms with E-state index in [0.29, 0.717) is 17.9 Å². The van der Waals surface area contributed by atoms with Gasteiger partial charge in [-0.2, -0.15) is 0 Å². The predicted octanol–water partition coefficient (Wildman–Crippen LogP) is 4.38. The van der Waals surface area contributed by atoms with Crippen molar-refractivity contribution >= 4 is 0 Å². The van der Waals surface area contributed by atoms with Crippen molar-refractivity contribution in [2.45, 2.75) is 84.7 Å². The van der Waals surface area contributed by atoms with Crippen LogP contribution in [0.4, 0.5) is 0 Å². The highest BCUT2D eigenvalue weighted by Crippen LogP contribution is 2.41. The van der Waals surface area contributed by atoms with Gasteiger partial charge in [0.25, 0.3) is 0 Å². The molecule has 2 fully saturated rings. The molecule has 0 aromatic carbocycles. The van der Waals surface area contributed by atoms with Crippen molar-refractivity contribution in [3.8, 4) is 0 Å². The average Bonchev–Trinajstić information content (AvgIpc) is 2.94. The van der Waals surface area contributed by atoms with Gasteiger partial charge in [-0.25, -0.2) is 0 Å². The van der Waals surface area contributed by atoms with Crippen LogP contribution >= 0.6 is 0 Å². The van der Waals surface area contributed by atoms with E-state index in [2.05, 4.69) is 34.6 Å². The van der Waals surface area contributed by atoms with E-state index in [1.54, 1.807) is 0 Å². The topological polar surface area (TPSA) is 21.8 Å². The molecule has 1 aliphatic carbocycles. The first-order valence-corrected chi connectivity index (χ1v) is 7.71. The van der Waals surface area contributed by atoms with Gasteiger partial charge in [0.15, 0.2) is 6.29 Å². The molecule has 0 N–H and O–H groups in total. The summed E-state index contributed by atoms with van der Waals surface area (Å²) in [5.74, 6) is 2.31. The van der Waals surface area contributed by atoms with Crippen LogP contribution in [0.3, 0.4) is 0 Å². The SMILES string of the molecule is CC(C)CC1OC1OC(C)(C)C1CCC(C)CC1. The Morgan fingerprint density at radius 1 is 1.17 bits per heavy atom. The first-order valence-electron chi connectivity index (χ1n) is 7.71. The van der Waals surface area contributed by atoms with Crippen molar-refractivity contribution in [2.24, 2.45) is 17.8 Å². The van der Waals surface area contributed by atoms with Crippen molar-refractivity contribution < 1.29 is 9.47 Å². The zero-order valence-corrected chi connectivity index (χ0v) is 12.7. The molecule has 18 heavy (non-hydrogen) atoms. The Hall–Kier alpha value is -0.0800. The Labute approximate surface area is 112 Å². The minimum atomic E-state index is -0.0173. The highest BCUT2D eigenvalue weighted by atomic mass is 16.8.